The molecule has 1 aromatic carbocycles. The van der Waals surface area contributed by atoms with Crippen LogP contribution in [0.5, 0.6) is 5.75 Å². The number of nitrogens with one attached hydrogen (secondary N) is 1. The number of ketones is 1. The Bertz CT molecular complexity index is 663. The Morgan fingerprint density at radius 2 is 1.81 bits per heavy atom. The molecule has 1 atom stereocenters. The summed E-state index contributed by atoms with van der Waals surface area (Å²) in [4.78, 5) is 24.6. The minimum absolute atomic E-state index is 0.0307. The van der Waals surface area contributed by atoms with E-state index in [0.717, 1.165) is 11.3 Å². The molecule has 0 aliphatic carbocycles. The van der Waals surface area contributed by atoms with Gasteiger partial charge in [-0.3, -0.25) is 9.59 Å². The maximum absolute atomic E-state index is 12.2. The summed E-state index contributed by atoms with van der Waals surface area (Å²) in [6, 6.07) is 10.7. The molecule has 0 bridgehead atoms. The molecule has 1 amide bonds. The molecule has 0 fully saturated rings. The van der Waals surface area contributed by atoms with Crippen molar-refractivity contribution in [2.24, 2.45) is 0 Å². The number of ether oxygens (including phenoxy) is 1. The molecule has 0 radical (unpaired) electrons. The number of hydrogen-bond donors (Lipinski definition) is 1. The third-order valence-corrected chi connectivity index (χ3v) is 4.31. The summed E-state index contributed by atoms with van der Waals surface area (Å²) in [5, 5.41) is 2.92. The normalized spacial score (nSPS) is 11.8. The molecule has 5 heteroatoms. The van der Waals surface area contributed by atoms with Gasteiger partial charge in [0, 0.05) is 5.56 Å². The van der Waals surface area contributed by atoms with Crippen molar-refractivity contribution < 1.29 is 14.3 Å². The molecule has 2 rings (SSSR count). The first-order valence-electron chi connectivity index (χ1n) is 6.57. The summed E-state index contributed by atoms with van der Waals surface area (Å²) in [5.74, 6) is 0.517. The molecular formula is C16H17NO3S. The van der Waals surface area contributed by atoms with Crippen LogP contribution in [0.3, 0.4) is 0 Å². The summed E-state index contributed by atoms with van der Waals surface area (Å²) in [5.41, 5.74) is 0.914. The molecule has 2 aromatic rings. The van der Waals surface area contributed by atoms with E-state index in [1.807, 2.05) is 31.2 Å². The lowest BCUT2D eigenvalue weighted by Crippen LogP contribution is -2.26. The predicted molar refractivity (Wildman–Crippen MR) is 83.2 cm³/mol. The second-order valence-electron chi connectivity index (χ2n) is 4.66. The summed E-state index contributed by atoms with van der Waals surface area (Å²) < 4.78 is 5.30. The molecule has 0 aliphatic rings. The molecular weight excluding hydrogens is 286 g/mol. The number of hydrogen-bond acceptors (Lipinski definition) is 4. The lowest BCUT2D eigenvalue weighted by molar-refractivity contribution is 0.0943. The van der Waals surface area contributed by atoms with E-state index in [1.54, 1.807) is 19.2 Å². The van der Waals surface area contributed by atoms with E-state index in [9.17, 15) is 9.59 Å². The van der Waals surface area contributed by atoms with E-state index in [1.165, 1.54) is 18.3 Å². The summed E-state index contributed by atoms with van der Waals surface area (Å²) >= 11 is 1.20. The van der Waals surface area contributed by atoms with Crippen molar-refractivity contribution in [1.29, 1.82) is 0 Å². The van der Waals surface area contributed by atoms with Gasteiger partial charge in [0.25, 0.3) is 5.91 Å². The molecule has 0 spiro atoms. The van der Waals surface area contributed by atoms with Gasteiger partial charge in [0.15, 0.2) is 5.78 Å². The third kappa shape index (κ3) is 3.49. The first-order chi connectivity index (χ1) is 10.0. The zero-order valence-electron chi connectivity index (χ0n) is 12.2. The standard InChI is InChI=1S/C16H17NO3S/c1-10(12-6-4-5-7-13(12)20-3)17-16(19)15-9-8-14(21-15)11(2)18/h4-10H,1-3H3,(H,17,19). The highest BCUT2D eigenvalue weighted by molar-refractivity contribution is 7.15. The number of rotatable bonds is 5. The van der Waals surface area contributed by atoms with Gasteiger partial charge in [0.05, 0.1) is 22.9 Å². The lowest BCUT2D eigenvalue weighted by Gasteiger charge is -2.16. The Morgan fingerprint density at radius 3 is 2.43 bits per heavy atom. The minimum atomic E-state index is -0.189. The van der Waals surface area contributed by atoms with Gasteiger partial charge >= 0.3 is 0 Å². The predicted octanol–water partition coefficient (Wildman–Crippen LogP) is 3.45. The van der Waals surface area contributed by atoms with Crippen LogP contribution < -0.4 is 10.1 Å². The van der Waals surface area contributed by atoms with Gasteiger partial charge in [-0.15, -0.1) is 11.3 Å². The van der Waals surface area contributed by atoms with E-state index in [0.29, 0.717) is 9.75 Å². The number of methoxy groups -OCH3 is 1. The fraction of sp³-hybridized carbons (Fsp3) is 0.250. The highest BCUT2D eigenvalue weighted by Gasteiger charge is 2.16. The smallest absolute Gasteiger partial charge is 0.261 e. The SMILES string of the molecule is COc1ccccc1C(C)NC(=O)c1ccc(C(C)=O)s1. The van der Waals surface area contributed by atoms with Gasteiger partial charge in [0.1, 0.15) is 5.75 Å². The molecule has 21 heavy (non-hydrogen) atoms. The van der Waals surface area contributed by atoms with Crippen LogP contribution in [0, 0.1) is 0 Å². The van der Waals surface area contributed by atoms with E-state index in [4.69, 9.17) is 4.74 Å². The minimum Gasteiger partial charge on any atom is -0.496 e. The maximum Gasteiger partial charge on any atom is 0.261 e. The molecule has 110 valence electrons. The summed E-state index contributed by atoms with van der Waals surface area (Å²) in [6.45, 7) is 3.39. The van der Waals surface area contributed by atoms with Gasteiger partial charge in [-0.05, 0) is 32.0 Å². The van der Waals surface area contributed by atoms with Crippen molar-refractivity contribution in [1.82, 2.24) is 5.32 Å². The van der Waals surface area contributed by atoms with Crippen molar-refractivity contribution in [2.45, 2.75) is 19.9 Å². The topological polar surface area (TPSA) is 55.4 Å². The average molecular weight is 303 g/mol. The number of thiophene rings is 1. The van der Waals surface area contributed by atoms with Crippen LogP contribution in [0.2, 0.25) is 0 Å². The zero-order chi connectivity index (χ0) is 15.4. The second-order valence-corrected chi connectivity index (χ2v) is 5.74. The van der Waals surface area contributed by atoms with Gasteiger partial charge in [-0.1, -0.05) is 18.2 Å². The van der Waals surface area contributed by atoms with Crippen LogP contribution >= 0.6 is 11.3 Å². The number of carbonyl (C=O) groups excluding carboxylic acids is 2. The van der Waals surface area contributed by atoms with Crippen molar-refractivity contribution >= 4 is 23.0 Å². The Morgan fingerprint density at radius 1 is 1.14 bits per heavy atom. The van der Waals surface area contributed by atoms with Crippen molar-refractivity contribution in [3.63, 3.8) is 0 Å². The quantitative estimate of drug-likeness (QED) is 0.861. The number of benzene rings is 1. The van der Waals surface area contributed by atoms with Crippen LogP contribution in [-0.2, 0) is 0 Å². The largest absolute Gasteiger partial charge is 0.496 e. The molecule has 0 aliphatic heterocycles. The zero-order valence-corrected chi connectivity index (χ0v) is 13.0. The molecule has 1 aromatic heterocycles. The van der Waals surface area contributed by atoms with Gasteiger partial charge in [-0.25, -0.2) is 0 Å². The lowest BCUT2D eigenvalue weighted by atomic mass is 10.1. The van der Waals surface area contributed by atoms with Crippen LogP contribution in [0.4, 0.5) is 0 Å². The van der Waals surface area contributed by atoms with E-state index >= 15 is 0 Å². The van der Waals surface area contributed by atoms with Crippen LogP contribution in [0.15, 0.2) is 36.4 Å². The van der Waals surface area contributed by atoms with Crippen LogP contribution in [0.1, 0.15) is 44.8 Å². The Kier molecular flexibility index (Phi) is 4.75. The number of amides is 1. The van der Waals surface area contributed by atoms with Crippen molar-refractivity contribution in [2.75, 3.05) is 7.11 Å². The Labute approximate surface area is 127 Å². The fourth-order valence-corrected chi connectivity index (χ4v) is 2.82. The van der Waals surface area contributed by atoms with Crippen LogP contribution in [0.25, 0.3) is 0 Å². The summed E-state index contributed by atoms with van der Waals surface area (Å²) in [6.07, 6.45) is 0. The number of carbonyl (C=O) groups is 2. The fourth-order valence-electron chi connectivity index (χ4n) is 2.02. The van der Waals surface area contributed by atoms with Gasteiger partial charge in [-0.2, -0.15) is 0 Å². The highest BCUT2D eigenvalue weighted by Crippen LogP contribution is 2.25. The second kappa shape index (κ2) is 6.54. The van der Waals surface area contributed by atoms with E-state index in [2.05, 4.69) is 5.32 Å². The molecule has 4 nitrogen and oxygen atoms in total. The van der Waals surface area contributed by atoms with Crippen LogP contribution in [-0.4, -0.2) is 18.8 Å². The maximum atomic E-state index is 12.2. The average Bonchev–Trinajstić information content (AvgIpc) is 2.97. The first kappa shape index (κ1) is 15.3. The Hall–Kier alpha value is -2.14. The summed E-state index contributed by atoms with van der Waals surface area (Å²) in [7, 11) is 1.60. The highest BCUT2D eigenvalue weighted by atomic mass is 32.1. The van der Waals surface area contributed by atoms with Gasteiger partial charge in [0.2, 0.25) is 0 Å². The molecule has 1 heterocycles. The molecule has 0 saturated carbocycles. The van der Waals surface area contributed by atoms with E-state index < -0.39 is 0 Å². The van der Waals surface area contributed by atoms with E-state index in [-0.39, 0.29) is 17.7 Å². The molecule has 1 unspecified atom stereocenters. The third-order valence-electron chi connectivity index (χ3n) is 3.13. The molecule has 1 N–H and O–H groups in total. The number of para-hydroxylation sites is 1. The first-order valence-corrected chi connectivity index (χ1v) is 7.39. The van der Waals surface area contributed by atoms with Gasteiger partial charge < -0.3 is 10.1 Å². The Balaban J connectivity index is 2.13. The van der Waals surface area contributed by atoms with Crippen molar-refractivity contribution in [3.05, 3.63) is 51.7 Å². The van der Waals surface area contributed by atoms with Crippen molar-refractivity contribution in [3.8, 4) is 5.75 Å². The monoisotopic (exact) mass is 303 g/mol. The molecule has 0 saturated heterocycles. The number of Topliss-reactive ketones (excluding diaryl/α,β-unsaturated/α-hetero) is 1.